The summed E-state index contributed by atoms with van der Waals surface area (Å²) in [6, 6.07) is 2.98. The molecule has 4 N–H and O–H groups in total. The number of nitrogens with zero attached hydrogens (tertiary/aromatic N) is 1. The lowest BCUT2D eigenvalue weighted by Crippen LogP contribution is -2.43. The molecule has 0 fully saturated rings. The van der Waals surface area contributed by atoms with Gasteiger partial charge in [0.15, 0.2) is 5.78 Å². The Kier molecular flexibility index (Phi) is 11.2. The number of H-pyrrole nitrogens is 1. The molecule has 3 aromatic rings. The molecule has 12 nitrogen and oxygen atoms in total. The first-order valence-corrected chi connectivity index (χ1v) is 14.5. The van der Waals surface area contributed by atoms with E-state index in [1.54, 1.807) is 11.8 Å². The Morgan fingerprint density at radius 1 is 1.00 bits per heavy atom. The molecule has 45 heavy (non-hydrogen) atoms. The number of nitrogens with two attached hydrogens (primary N) is 1. The molecule has 0 spiro atoms. The summed E-state index contributed by atoms with van der Waals surface area (Å²) in [5.41, 5.74) is -0.996. The summed E-state index contributed by atoms with van der Waals surface area (Å²) in [4.78, 5) is 51.2. The van der Waals surface area contributed by atoms with Crippen LogP contribution in [0.25, 0.3) is 10.9 Å². The Labute approximate surface area is 251 Å². The van der Waals surface area contributed by atoms with Crippen molar-refractivity contribution in [2.75, 3.05) is 31.0 Å². The Hall–Kier alpha value is -4.39. The van der Waals surface area contributed by atoms with E-state index in [2.05, 4.69) is 9.72 Å². The molecule has 2 aromatic carbocycles. The highest BCUT2D eigenvalue weighted by molar-refractivity contribution is 7.91. The van der Waals surface area contributed by atoms with E-state index in [0.29, 0.717) is 24.8 Å². The van der Waals surface area contributed by atoms with Crippen LogP contribution in [0.1, 0.15) is 70.2 Å². The number of benzene rings is 2. The normalized spacial score (nSPS) is 12.7. The second-order valence-corrected chi connectivity index (χ2v) is 11.2. The minimum atomic E-state index is -4.74. The quantitative estimate of drug-likeness (QED) is 0.138. The second kappa shape index (κ2) is 13.7. The van der Waals surface area contributed by atoms with Gasteiger partial charge in [-0.15, -0.1) is 0 Å². The highest BCUT2D eigenvalue weighted by Crippen LogP contribution is 2.37. The van der Waals surface area contributed by atoms with Crippen LogP contribution in [0, 0.1) is 0 Å². The smallest absolute Gasteiger partial charge is 0.417 e. The van der Waals surface area contributed by atoms with Crippen LogP contribution in [0.15, 0.2) is 33.9 Å². The van der Waals surface area contributed by atoms with Crippen LogP contribution < -0.4 is 21.8 Å². The summed E-state index contributed by atoms with van der Waals surface area (Å²) in [5.74, 6) is -1.58. The summed E-state index contributed by atoms with van der Waals surface area (Å²) in [7, 11) is -1.69. The van der Waals surface area contributed by atoms with Gasteiger partial charge in [-0.2, -0.15) is 31.0 Å². The van der Waals surface area contributed by atoms with Gasteiger partial charge in [0.05, 0.1) is 47.1 Å². The van der Waals surface area contributed by atoms with Crippen molar-refractivity contribution >= 4 is 38.4 Å². The summed E-state index contributed by atoms with van der Waals surface area (Å²) in [6.45, 7) is 3.03. The van der Waals surface area contributed by atoms with Crippen molar-refractivity contribution < 1.29 is 53.8 Å². The number of alkyl halides is 6. The number of halogens is 6. The molecular formula is C26H28F6N4O8S. The lowest BCUT2D eigenvalue weighted by atomic mass is 9.96. The zero-order valence-electron chi connectivity index (χ0n) is 24.3. The van der Waals surface area contributed by atoms with E-state index in [1.165, 1.54) is 14.0 Å². The Bertz CT molecular complexity index is 1830. The minimum absolute atomic E-state index is 0.0480. The van der Waals surface area contributed by atoms with Crippen molar-refractivity contribution in [1.29, 1.82) is 0 Å². The van der Waals surface area contributed by atoms with Gasteiger partial charge in [-0.05, 0) is 43.2 Å². The van der Waals surface area contributed by atoms with Crippen LogP contribution in [0.2, 0.25) is 0 Å². The van der Waals surface area contributed by atoms with Gasteiger partial charge >= 0.3 is 24.0 Å². The van der Waals surface area contributed by atoms with Crippen molar-refractivity contribution in [1.82, 2.24) is 9.66 Å². The Balaban J connectivity index is 0.000000322. The third kappa shape index (κ3) is 8.84. The van der Waals surface area contributed by atoms with E-state index in [4.69, 9.17) is 10.5 Å². The van der Waals surface area contributed by atoms with E-state index < -0.39 is 68.2 Å². The summed E-state index contributed by atoms with van der Waals surface area (Å²) in [6.07, 6.45) is -9.39. The fourth-order valence-corrected chi connectivity index (χ4v) is 4.47. The number of ether oxygens (including phenoxy) is 2. The van der Waals surface area contributed by atoms with Gasteiger partial charge < -0.3 is 20.2 Å². The predicted octanol–water partition coefficient (Wildman–Crippen LogP) is 3.98. The second-order valence-electron chi connectivity index (χ2n) is 9.44. The van der Waals surface area contributed by atoms with E-state index in [9.17, 15) is 53.9 Å². The standard InChI is InChI=1S/C13H14F3N3O5S.C13H14F3NO3/c1-6(24-2)7-4-8-10(5-9(7)13(14,15)16)17-12(21)19(11(8)20)18-25(3,22)23;1-3-4-11(18)7-5-8(12(19)20-2)10(17)6-9(7)13(14,15)16/h4-6,18H,1-3H3,(H,17,21);5-6H,3-4,17H2,1-2H3. The maximum Gasteiger partial charge on any atom is 0.417 e. The number of aromatic nitrogens is 2. The number of carbonyl (C=O) groups is 2. The number of nitrogens with one attached hydrogen (secondary N) is 2. The van der Waals surface area contributed by atoms with Gasteiger partial charge in [0.25, 0.3) is 5.56 Å². The molecule has 1 aromatic heterocycles. The first kappa shape index (κ1) is 36.8. The number of aromatic amines is 1. The number of nitrogen functional groups attached to an aromatic ring is 1. The number of hydrogen-bond donors (Lipinski definition) is 3. The molecule has 0 aliphatic rings. The number of carbonyl (C=O) groups excluding carboxylic acids is 2. The number of Topliss-reactive ketones (excluding diaryl/α,β-unsaturated/α-hetero) is 1. The molecule has 248 valence electrons. The number of ketones is 1. The topological polar surface area (TPSA) is 180 Å². The van der Waals surface area contributed by atoms with Crippen LogP contribution in [0.3, 0.4) is 0 Å². The molecule has 0 radical (unpaired) electrons. The van der Waals surface area contributed by atoms with E-state index in [0.717, 1.165) is 19.2 Å². The third-order valence-corrected chi connectivity index (χ3v) is 6.61. The molecule has 0 bridgehead atoms. The van der Waals surface area contributed by atoms with Crippen molar-refractivity contribution in [2.45, 2.75) is 45.1 Å². The molecule has 1 atom stereocenters. The zero-order chi connectivity index (χ0) is 34.7. The molecule has 1 heterocycles. The maximum atomic E-state index is 13.3. The van der Waals surface area contributed by atoms with Gasteiger partial charge in [-0.1, -0.05) is 6.92 Å². The first-order valence-electron chi connectivity index (χ1n) is 12.6. The van der Waals surface area contributed by atoms with Gasteiger partial charge in [0.1, 0.15) is 0 Å². The van der Waals surface area contributed by atoms with Crippen LogP contribution in [0.4, 0.5) is 32.0 Å². The zero-order valence-corrected chi connectivity index (χ0v) is 25.1. The maximum absolute atomic E-state index is 13.3. The van der Waals surface area contributed by atoms with Crippen molar-refractivity contribution in [3.63, 3.8) is 0 Å². The minimum Gasteiger partial charge on any atom is -0.465 e. The molecule has 19 heteroatoms. The predicted molar refractivity (Wildman–Crippen MR) is 150 cm³/mol. The Morgan fingerprint density at radius 3 is 2.04 bits per heavy atom. The third-order valence-electron chi connectivity index (χ3n) is 6.10. The molecule has 0 aliphatic heterocycles. The molecule has 0 saturated carbocycles. The molecule has 1 unspecified atom stereocenters. The number of anilines is 1. The van der Waals surface area contributed by atoms with Gasteiger partial charge in [-0.25, -0.2) is 22.8 Å². The summed E-state index contributed by atoms with van der Waals surface area (Å²) >= 11 is 0. The number of methoxy groups -OCH3 is 2. The molecule has 0 aliphatic carbocycles. The van der Waals surface area contributed by atoms with Crippen molar-refractivity contribution in [2.24, 2.45) is 0 Å². The Morgan fingerprint density at radius 2 is 1.58 bits per heavy atom. The van der Waals surface area contributed by atoms with E-state index >= 15 is 0 Å². The largest absolute Gasteiger partial charge is 0.465 e. The van der Waals surface area contributed by atoms with Gasteiger partial charge in [0, 0.05) is 24.8 Å². The van der Waals surface area contributed by atoms with Crippen LogP contribution in [-0.2, 0) is 31.8 Å². The molecule has 3 rings (SSSR count). The van der Waals surface area contributed by atoms with Crippen molar-refractivity contribution in [3.05, 3.63) is 72.9 Å². The average Bonchev–Trinajstić information content (AvgIpc) is 2.92. The highest BCUT2D eigenvalue weighted by Gasteiger charge is 2.37. The van der Waals surface area contributed by atoms with Crippen LogP contribution in [-0.4, -0.2) is 50.3 Å². The lowest BCUT2D eigenvalue weighted by molar-refractivity contribution is -0.139. The summed E-state index contributed by atoms with van der Waals surface area (Å²) < 4.78 is 111. The van der Waals surface area contributed by atoms with Crippen molar-refractivity contribution in [3.8, 4) is 0 Å². The highest BCUT2D eigenvalue weighted by atomic mass is 32.2. The lowest BCUT2D eigenvalue weighted by Gasteiger charge is -2.18. The van der Waals surface area contributed by atoms with Gasteiger partial charge in [0.2, 0.25) is 10.0 Å². The summed E-state index contributed by atoms with van der Waals surface area (Å²) in [5, 5.41) is -0.303. The molecule has 0 amide bonds. The monoisotopic (exact) mass is 670 g/mol. The number of hydrogen-bond acceptors (Lipinski definition) is 9. The molecular weight excluding hydrogens is 642 g/mol. The van der Waals surface area contributed by atoms with E-state index in [1.807, 2.05) is 0 Å². The fourth-order valence-electron chi connectivity index (χ4n) is 3.97. The molecule has 0 saturated heterocycles. The first-order chi connectivity index (χ1) is 20.6. The number of rotatable bonds is 8. The number of esters is 1. The van der Waals surface area contributed by atoms with Crippen LogP contribution >= 0.6 is 0 Å². The van der Waals surface area contributed by atoms with Crippen LogP contribution in [0.5, 0.6) is 0 Å². The number of fused-ring (bicyclic) bond motifs is 1. The average molecular weight is 671 g/mol. The fraction of sp³-hybridized carbons (Fsp3) is 0.385. The SMILES string of the molecule is CCCC(=O)c1cc(C(=O)OC)c(N)cc1C(F)(F)F.COC(C)c1cc2c(=O)n(NS(C)(=O)=O)c(=O)[nH]c2cc1C(F)(F)F. The number of sulfonamides is 1. The van der Waals surface area contributed by atoms with E-state index in [-0.39, 0.29) is 38.8 Å². The van der Waals surface area contributed by atoms with Gasteiger partial charge in [-0.3, -0.25) is 9.59 Å².